The number of hydrogen-bond acceptors (Lipinski definition) is 10. The number of aromatic nitrogens is 1. The fraction of sp³-hybridized carbons (Fsp3) is 0.576. The highest BCUT2D eigenvalue weighted by Gasteiger charge is 2.54. The summed E-state index contributed by atoms with van der Waals surface area (Å²) in [5, 5.41) is 18.7. The predicted molar refractivity (Wildman–Crippen MR) is 174 cm³/mol. The van der Waals surface area contributed by atoms with E-state index in [0.29, 0.717) is 37.3 Å². The zero-order chi connectivity index (χ0) is 32.0. The average molecular weight is 671 g/mol. The summed E-state index contributed by atoms with van der Waals surface area (Å²) >= 11 is 1.44. The van der Waals surface area contributed by atoms with Gasteiger partial charge in [-0.15, -0.1) is 0 Å². The summed E-state index contributed by atoms with van der Waals surface area (Å²) in [5.74, 6) is 0.648. The van der Waals surface area contributed by atoms with Crippen LogP contribution >= 0.6 is 11.3 Å². The molecular formula is C33H42N4O7S2. The van der Waals surface area contributed by atoms with E-state index in [2.05, 4.69) is 15.6 Å². The molecule has 2 saturated heterocycles. The first kappa shape index (κ1) is 31.8. The normalized spacial score (nSPS) is 26.8. The highest BCUT2D eigenvalue weighted by atomic mass is 32.2. The van der Waals surface area contributed by atoms with Gasteiger partial charge in [-0.2, -0.15) is 4.31 Å². The third-order valence-electron chi connectivity index (χ3n) is 9.38. The fourth-order valence-electron chi connectivity index (χ4n) is 6.85. The number of amides is 1. The quantitative estimate of drug-likeness (QED) is 0.242. The van der Waals surface area contributed by atoms with Gasteiger partial charge in [-0.25, -0.2) is 18.2 Å². The Hall–Kier alpha value is -2.81. The molecule has 1 amide bonds. The van der Waals surface area contributed by atoms with Crippen LogP contribution in [0.3, 0.4) is 0 Å². The Morgan fingerprint density at radius 2 is 1.96 bits per heavy atom. The van der Waals surface area contributed by atoms with E-state index in [1.54, 1.807) is 18.2 Å². The molecule has 1 aromatic heterocycles. The van der Waals surface area contributed by atoms with Gasteiger partial charge in [0.05, 0.1) is 40.0 Å². The number of anilines is 1. The smallest absolute Gasteiger partial charge is 0.407 e. The van der Waals surface area contributed by atoms with E-state index in [1.165, 1.54) is 15.6 Å². The van der Waals surface area contributed by atoms with Crippen molar-refractivity contribution < 1.29 is 32.5 Å². The van der Waals surface area contributed by atoms with Gasteiger partial charge in [0, 0.05) is 25.0 Å². The average Bonchev–Trinajstić information content (AvgIpc) is 3.43. The number of thiazole rings is 1. The Morgan fingerprint density at radius 3 is 2.72 bits per heavy atom. The Labute approximate surface area is 273 Å². The minimum absolute atomic E-state index is 0.00481. The maximum atomic E-state index is 14.1. The topological polar surface area (TPSA) is 139 Å². The van der Waals surface area contributed by atoms with E-state index in [-0.39, 0.29) is 36.3 Å². The summed E-state index contributed by atoms with van der Waals surface area (Å²) < 4.78 is 47.9. The standard InChI is InChI=1S/C33H42N4O7S2/c1-19(2)16-37(46(40,41)23-10-11-25-30(14-23)45-32(35-25)34-22-8-9-22)17-27(38)26(12-20-6-4-3-5-7-20)36-33(39)44-28-13-21-18-42-31-24(21)15-29(28)43-31/h3-7,10-11,14,19,21-22,24,26-29,31,38H,8-9,12-13,15-18H2,1-2H3,(H,34,35)(H,36,39)/t21?,24?,26-,27+,28-,29?,31?/m0/s1. The SMILES string of the molecule is CC(C)CN(C[C@@H](O)[C@H](Cc1ccccc1)NC(=O)O[C@H]1CC2COC3OC1CC23)S(=O)(=O)c1ccc2nc(NC3CC3)sc2c1. The minimum atomic E-state index is -3.99. The van der Waals surface area contributed by atoms with E-state index in [0.717, 1.165) is 40.2 Å². The van der Waals surface area contributed by atoms with Gasteiger partial charge in [0.15, 0.2) is 11.4 Å². The number of carbonyl (C=O) groups is 1. The number of aliphatic hydroxyl groups is 1. The van der Waals surface area contributed by atoms with Crippen molar-refractivity contribution in [2.75, 3.05) is 25.0 Å². The lowest BCUT2D eigenvalue weighted by Crippen LogP contribution is -2.52. The van der Waals surface area contributed by atoms with E-state index in [1.807, 2.05) is 44.2 Å². The number of benzene rings is 2. The number of rotatable bonds is 13. The first-order valence-electron chi connectivity index (χ1n) is 16.3. The molecule has 2 aliphatic carbocycles. The molecule has 46 heavy (non-hydrogen) atoms. The number of carbonyl (C=O) groups excluding carboxylic acids is 1. The zero-order valence-corrected chi connectivity index (χ0v) is 27.7. The molecule has 2 bridgehead atoms. The van der Waals surface area contributed by atoms with Crippen molar-refractivity contribution in [1.29, 1.82) is 0 Å². The Morgan fingerprint density at radius 1 is 1.15 bits per heavy atom. The lowest BCUT2D eigenvalue weighted by atomic mass is 9.80. The van der Waals surface area contributed by atoms with Crippen LogP contribution in [0.1, 0.15) is 45.1 Å². The number of hydrogen-bond donors (Lipinski definition) is 3. The number of aliphatic hydroxyl groups excluding tert-OH is 1. The highest BCUT2D eigenvalue weighted by Crippen LogP contribution is 2.47. The molecule has 0 radical (unpaired) electrons. The summed E-state index contributed by atoms with van der Waals surface area (Å²) in [5.41, 5.74) is 1.63. The highest BCUT2D eigenvalue weighted by molar-refractivity contribution is 7.89. The second-order valence-corrected chi connectivity index (χ2v) is 16.5. The molecule has 2 saturated carbocycles. The zero-order valence-electron chi connectivity index (χ0n) is 26.1. The van der Waals surface area contributed by atoms with Crippen LogP contribution in [0.15, 0.2) is 53.4 Å². The predicted octanol–water partition coefficient (Wildman–Crippen LogP) is 4.37. The van der Waals surface area contributed by atoms with E-state index in [9.17, 15) is 18.3 Å². The fourth-order valence-corrected chi connectivity index (χ4v) is 9.56. The van der Waals surface area contributed by atoms with Gasteiger partial charge in [0.2, 0.25) is 10.0 Å². The number of alkyl carbamates (subject to hydrolysis) is 1. The second-order valence-electron chi connectivity index (χ2n) is 13.5. The van der Waals surface area contributed by atoms with Crippen molar-refractivity contribution in [2.24, 2.45) is 17.8 Å². The van der Waals surface area contributed by atoms with E-state index in [4.69, 9.17) is 14.2 Å². The van der Waals surface area contributed by atoms with Crippen LogP contribution in [0, 0.1) is 17.8 Å². The Balaban J connectivity index is 1.08. The van der Waals surface area contributed by atoms with Crippen molar-refractivity contribution in [3.05, 3.63) is 54.1 Å². The van der Waals surface area contributed by atoms with Crippen LogP contribution in [0.5, 0.6) is 0 Å². The number of nitrogens with zero attached hydrogens (tertiary/aromatic N) is 2. The van der Waals surface area contributed by atoms with E-state index >= 15 is 0 Å². The van der Waals surface area contributed by atoms with Crippen LogP contribution in [0.2, 0.25) is 0 Å². The van der Waals surface area contributed by atoms with Gasteiger partial charge in [0.25, 0.3) is 0 Å². The molecule has 4 unspecified atom stereocenters. The molecule has 0 spiro atoms. The summed E-state index contributed by atoms with van der Waals surface area (Å²) in [4.78, 5) is 18.1. The van der Waals surface area contributed by atoms with Crippen molar-refractivity contribution in [1.82, 2.24) is 14.6 Å². The maximum Gasteiger partial charge on any atom is 0.407 e. The summed E-state index contributed by atoms with van der Waals surface area (Å²) in [6.07, 6.45) is 1.31. The third kappa shape index (κ3) is 6.90. The number of sulfonamides is 1. The molecule has 2 aliphatic heterocycles. The largest absolute Gasteiger partial charge is 0.443 e. The van der Waals surface area contributed by atoms with Crippen LogP contribution < -0.4 is 10.6 Å². The summed E-state index contributed by atoms with van der Waals surface area (Å²) in [6, 6.07) is 14.1. The van der Waals surface area contributed by atoms with Crippen molar-refractivity contribution >= 4 is 42.8 Å². The molecule has 3 heterocycles. The minimum Gasteiger partial charge on any atom is -0.443 e. The monoisotopic (exact) mass is 670 g/mol. The molecular weight excluding hydrogens is 629 g/mol. The lowest BCUT2D eigenvalue weighted by Gasteiger charge is -2.33. The van der Waals surface area contributed by atoms with Gasteiger partial charge in [0.1, 0.15) is 6.10 Å². The molecule has 11 nitrogen and oxygen atoms in total. The first-order chi connectivity index (χ1) is 22.1. The molecule has 4 aliphatic rings. The van der Waals surface area contributed by atoms with Gasteiger partial charge in [-0.05, 0) is 67.7 Å². The van der Waals surface area contributed by atoms with Gasteiger partial charge < -0.3 is 30.0 Å². The molecule has 7 atom stereocenters. The Bertz CT molecular complexity index is 1650. The van der Waals surface area contributed by atoms with Crippen LogP contribution in [0.4, 0.5) is 9.93 Å². The van der Waals surface area contributed by atoms with Crippen molar-refractivity contribution in [2.45, 2.75) is 87.5 Å². The molecule has 2 aromatic carbocycles. The maximum absolute atomic E-state index is 14.1. The van der Waals surface area contributed by atoms with Gasteiger partial charge in [-0.1, -0.05) is 55.5 Å². The lowest BCUT2D eigenvalue weighted by molar-refractivity contribution is -0.147. The van der Waals surface area contributed by atoms with Crippen LogP contribution in [0.25, 0.3) is 10.2 Å². The first-order valence-corrected chi connectivity index (χ1v) is 18.5. The molecule has 248 valence electrons. The number of nitrogens with one attached hydrogen (secondary N) is 2. The van der Waals surface area contributed by atoms with Crippen LogP contribution in [-0.4, -0.2) is 85.3 Å². The summed E-state index contributed by atoms with van der Waals surface area (Å²) in [6.45, 7) is 4.47. The number of fused-ring (bicyclic) bond motifs is 2. The van der Waals surface area contributed by atoms with Crippen molar-refractivity contribution in [3.63, 3.8) is 0 Å². The third-order valence-corrected chi connectivity index (χ3v) is 12.2. The van der Waals surface area contributed by atoms with Gasteiger partial charge >= 0.3 is 6.09 Å². The molecule has 3 aromatic rings. The Kier molecular flexibility index (Phi) is 8.98. The van der Waals surface area contributed by atoms with Gasteiger partial charge in [-0.3, -0.25) is 0 Å². The molecule has 13 heteroatoms. The molecule has 7 rings (SSSR count). The number of ether oxygens (including phenoxy) is 3. The van der Waals surface area contributed by atoms with Crippen LogP contribution in [-0.2, 0) is 30.7 Å². The van der Waals surface area contributed by atoms with E-state index < -0.39 is 34.4 Å². The molecule has 3 N–H and O–H groups in total. The molecule has 4 fully saturated rings. The second kappa shape index (κ2) is 13.0. The summed E-state index contributed by atoms with van der Waals surface area (Å²) in [7, 11) is -3.99. The van der Waals surface area contributed by atoms with Crippen molar-refractivity contribution in [3.8, 4) is 0 Å².